The van der Waals surface area contributed by atoms with E-state index in [1.807, 2.05) is 50.4 Å². The van der Waals surface area contributed by atoms with Crippen molar-refractivity contribution in [1.82, 2.24) is 15.3 Å². The summed E-state index contributed by atoms with van der Waals surface area (Å²) in [5, 5.41) is 12.0. The van der Waals surface area contributed by atoms with Crippen molar-refractivity contribution in [3.05, 3.63) is 70.9 Å². The largest absolute Gasteiger partial charge is 0.388 e. The Kier molecular flexibility index (Phi) is 7.14. The summed E-state index contributed by atoms with van der Waals surface area (Å²) in [5.74, 6) is -0.310. The molecular formula is C23H27N6OS+. The standard InChI is InChI=1S/C23H27N6OS/c1-14(2)31-19-11-7-17(8-12-19)20-13-27-22(24)21(28-20)23(25)29(30)18-9-5-16(6-10-18)15(3)26-4/h5-15,25-26H,1-4H3,(H2,24,27)/q+1. The van der Waals surface area contributed by atoms with E-state index in [4.69, 9.17) is 11.1 Å². The maximum Gasteiger partial charge on any atom is 0.388 e. The summed E-state index contributed by atoms with van der Waals surface area (Å²) in [6.07, 6.45) is 1.56. The molecule has 31 heavy (non-hydrogen) atoms. The Labute approximate surface area is 186 Å². The van der Waals surface area contributed by atoms with E-state index in [1.54, 1.807) is 30.1 Å². The molecule has 0 saturated heterocycles. The van der Waals surface area contributed by atoms with E-state index in [1.165, 1.54) is 0 Å². The number of benzene rings is 2. The van der Waals surface area contributed by atoms with Crippen molar-refractivity contribution in [2.75, 3.05) is 12.8 Å². The van der Waals surface area contributed by atoms with Gasteiger partial charge >= 0.3 is 5.84 Å². The van der Waals surface area contributed by atoms with Crippen molar-refractivity contribution in [1.29, 1.82) is 5.41 Å². The number of nitrogens with one attached hydrogen (secondary N) is 2. The minimum Gasteiger partial charge on any atom is -0.382 e. The number of thioether (sulfide) groups is 1. The Bertz CT molecular complexity index is 1080. The van der Waals surface area contributed by atoms with Crippen molar-refractivity contribution in [3.63, 3.8) is 0 Å². The zero-order valence-corrected chi connectivity index (χ0v) is 18.9. The van der Waals surface area contributed by atoms with Crippen molar-refractivity contribution in [2.24, 2.45) is 0 Å². The van der Waals surface area contributed by atoms with Crippen LogP contribution in [0.25, 0.3) is 11.3 Å². The summed E-state index contributed by atoms with van der Waals surface area (Å²) in [6.45, 7) is 6.32. The van der Waals surface area contributed by atoms with Gasteiger partial charge in [0, 0.05) is 26.5 Å². The second-order valence-electron chi connectivity index (χ2n) is 7.42. The van der Waals surface area contributed by atoms with Crippen LogP contribution >= 0.6 is 11.8 Å². The summed E-state index contributed by atoms with van der Waals surface area (Å²) in [4.78, 5) is 22.6. The molecular weight excluding hydrogens is 408 g/mol. The van der Waals surface area contributed by atoms with E-state index < -0.39 is 0 Å². The molecule has 3 aromatic rings. The van der Waals surface area contributed by atoms with E-state index in [0.29, 0.717) is 21.4 Å². The molecule has 2 aromatic carbocycles. The fourth-order valence-electron chi connectivity index (χ4n) is 2.98. The van der Waals surface area contributed by atoms with Gasteiger partial charge < -0.3 is 11.1 Å². The molecule has 8 heteroatoms. The second kappa shape index (κ2) is 9.80. The van der Waals surface area contributed by atoms with Gasteiger partial charge in [0.15, 0.2) is 11.5 Å². The molecule has 7 nitrogen and oxygen atoms in total. The Morgan fingerprint density at radius 2 is 1.74 bits per heavy atom. The number of nitrogens with two attached hydrogens (primary N) is 1. The minimum absolute atomic E-state index is 0.0435. The Hall–Kier alpha value is -3.10. The summed E-state index contributed by atoms with van der Waals surface area (Å²) < 4.78 is 0.514. The number of nitrogens with zero attached hydrogens (tertiary/aromatic N) is 3. The third kappa shape index (κ3) is 5.34. The van der Waals surface area contributed by atoms with Gasteiger partial charge in [-0.2, -0.15) is 0 Å². The number of hydrogen-bond donors (Lipinski definition) is 3. The molecule has 0 amide bonds. The molecule has 0 bridgehead atoms. The first-order valence-electron chi connectivity index (χ1n) is 10.0. The molecule has 4 N–H and O–H groups in total. The molecule has 1 heterocycles. The maximum absolute atomic E-state index is 12.8. The Morgan fingerprint density at radius 3 is 2.32 bits per heavy atom. The number of aromatic nitrogens is 2. The summed E-state index contributed by atoms with van der Waals surface area (Å²) in [6, 6.07) is 15.2. The first-order chi connectivity index (χ1) is 14.8. The SMILES string of the molecule is CNC(C)c1ccc([N+](=O)C(=N)c2nc(-c3ccc(SC(C)C)cc3)cnc2N)cc1. The van der Waals surface area contributed by atoms with Crippen LogP contribution in [-0.2, 0) is 0 Å². The molecule has 0 aliphatic rings. The van der Waals surface area contributed by atoms with Crippen molar-refractivity contribution in [2.45, 2.75) is 37.0 Å². The van der Waals surface area contributed by atoms with Gasteiger partial charge in [-0.05, 0) is 43.8 Å². The van der Waals surface area contributed by atoms with Crippen LogP contribution in [0, 0.1) is 10.3 Å². The number of nitroso groups, excluding NO2 is 1. The maximum atomic E-state index is 12.8. The van der Waals surface area contributed by atoms with E-state index in [2.05, 4.69) is 29.1 Å². The number of hydrogen-bond acceptors (Lipinski definition) is 7. The third-order valence-corrected chi connectivity index (χ3v) is 5.83. The topological polar surface area (TPSA) is 108 Å². The average Bonchev–Trinajstić information content (AvgIpc) is 2.78. The second-order valence-corrected chi connectivity index (χ2v) is 9.07. The highest BCUT2D eigenvalue weighted by Crippen LogP contribution is 2.27. The highest BCUT2D eigenvalue weighted by Gasteiger charge is 2.26. The van der Waals surface area contributed by atoms with Crippen LogP contribution in [-0.4, -0.2) is 32.9 Å². The lowest BCUT2D eigenvalue weighted by molar-refractivity contribution is -0.331. The van der Waals surface area contributed by atoms with Gasteiger partial charge in [-0.15, -0.1) is 11.8 Å². The molecule has 3 rings (SSSR count). The van der Waals surface area contributed by atoms with Crippen LogP contribution in [0.4, 0.5) is 11.5 Å². The van der Waals surface area contributed by atoms with E-state index in [-0.39, 0.29) is 23.4 Å². The van der Waals surface area contributed by atoms with Gasteiger partial charge in [0.2, 0.25) is 5.69 Å². The van der Waals surface area contributed by atoms with Gasteiger partial charge in [0.1, 0.15) is 0 Å². The first-order valence-corrected chi connectivity index (χ1v) is 10.9. The highest BCUT2D eigenvalue weighted by molar-refractivity contribution is 7.99. The van der Waals surface area contributed by atoms with Crippen LogP contribution in [0.1, 0.15) is 38.1 Å². The molecule has 0 radical (unpaired) electrons. The summed E-state index contributed by atoms with van der Waals surface area (Å²) >= 11 is 1.78. The lowest BCUT2D eigenvalue weighted by Gasteiger charge is -2.10. The van der Waals surface area contributed by atoms with Crippen LogP contribution in [0.15, 0.2) is 59.6 Å². The quantitative estimate of drug-likeness (QED) is 0.210. The molecule has 0 saturated carbocycles. The fourth-order valence-corrected chi connectivity index (χ4v) is 3.82. The van der Waals surface area contributed by atoms with Crippen LogP contribution in [0.3, 0.4) is 0 Å². The molecule has 0 aliphatic heterocycles. The van der Waals surface area contributed by atoms with E-state index in [0.717, 1.165) is 16.0 Å². The average molecular weight is 436 g/mol. The van der Waals surface area contributed by atoms with E-state index in [9.17, 15) is 4.91 Å². The Morgan fingerprint density at radius 1 is 1.10 bits per heavy atom. The smallest absolute Gasteiger partial charge is 0.382 e. The predicted molar refractivity (Wildman–Crippen MR) is 127 cm³/mol. The highest BCUT2D eigenvalue weighted by atomic mass is 32.2. The molecule has 1 atom stereocenters. The molecule has 0 aliphatic carbocycles. The van der Waals surface area contributed by atoms with Gasteiger partial charge in [0.05, 0.1) is 11.9 Å². The van der Waals surface area contributed by atoms with Crippen LogP contribution < -0.4 is 11.1 Å². The Balaban J connectivity index is 1.85. The molecule has 160 valence electrons. The van der Waals surface area contributed by atoms with Gasteiger partial charge in [-0.3, -0.25) is 0 Å². The van der Waals surface area contributed by atoms with E-state index >= 15 is 0 Å². The summed E-state index contributed by atoms with van der Waals surface area (Å²) in [7, 11) is 1.87. The number of rotatable bonds is 7. The van der Waals surface area contributed by atoms with Crippen molar-refractivity contribution >= 4 is 29.1 Å². The molecule has 1 aromatic heterocycles. The fraction of sp³-hybridized carbons (Fsp3) is 0.261. The predicted octanol–water partition coefficient (Wildman–Crippen LogP) is 4.94. The normalized spacial score (nSPS) is 12.0. The number of anilines is 1. The molecule has 1 unspecified atom stereocenters. The first kappa shape index (κ1) is 22.6. The van der Waals surface area contributed by atoms with Crippen molar-refractivity contribution < 1.29 is 4.76 Å². The molecule has 0 fully saturated rings. The third-order valence-electron chi connectivity index (χ3n) is 4.81. The van der Waals surface area contributed by atoms with Crippen LogP contribution in [0.5, 0.6) is 0 Å². The zero-order chi connectivity index (χ0) is 22.5. The molecule has 0 spiro atoms. The minimum atomic E-state index is -0.353. The number of nitrogen functional groups attached to an aromatic ring is 1. The van der Waals surface area contributed by atoms with Gasteiger partial charge in [-0.1, -0.05) is 48.4 Å². The van der Waals surface area contributed by atoms with Gasteiger partial charge in [-0.25, -0.2) is 9.97 Å². The van der Waals surface area contributed by atoms with Crippen molar-refractivity contribution in [3.8, 4) is 11.3 Å². The van der Waals surface area contributed by atoms with Gasteiger partial charge in [0.25, 0.3) is 0 Å². The van der Waals surface area contributed by atoms with Crippen LogP contribution in [0.2, 0.25) is 0 Å². The number of amidine groups is 1. The lowest BCUT2D eigenvalue weighted by atomic mass is 10.1. The zero-order valence-electron chi connectivity index (χ0n) is 18.1. The monoisotopic (exact) mass is 435 g/mol. The lowest BCUT2D eigenvalue weighted by Crippen LogP contribution is -2.18. The summed E-state index contributed by atoms with van der Waals surface area (Å²) in [5.41, 5.74) is 8.79.